The van der Waals surface area contributed by atoms with E-state index in [0.717, 1.165) is 33.4 Å². The van der Waals surface area contributed by atoms with E-state index in [1.165, 1.54) is 35.9 Å². The number of anilines is 1. The minimum Gasteiger partial charge on any atom is -0.478 e. The van der Waals surface area contributed by atoms with Crippen LogP contribution in [0, 0.1) is 0 Å². The molecule has 8 N–H and O–H groups in total. The van der Waals surface area contributed by atoms with Crippen molar-refractivity contribution in [1.82, 2.24) is 25.3 Å². The van der Waals surface area contributed by atoms with Crippen molar-refractivity contribution in [3.8, 4) is 0 Å². The molecular formula is C32H33N10O7S2+. The Morgan fingerprint density at radius 1 is 1.20 bits per heavy atom. The van der Waals surface area contributed by atoms with Gasteiger partial charge in [0.2, 0.25) is 5.60 Å². The van der Waals surface area contributed by atoms with Crippen LogP contribution in [-0.2, 0) is 37.1 Å². The van der Waals surface area contributed by atoms with E-state index in [0.29, 0.717) is 12.1 Å². The van der Waals surface area contributed by atoms with Gasteiger partial charge in [-0.15, -0.1) is 23.1 Å². The number of aliphatic carboxylic acids is 2. The van der Waals surface area contributed by atoms with E-state index in [9.17, 15) is 29.4 Å². The third-order valence-corrected chi connectivity index (χ3v) is 10.2. The number of hydrazone groups is 1. The number of aromatic nitrogens is 3. The first kappa shape index (κ1) is 35.1. The molecule has 0 spiro atoms. The quantitative estimate of drug-likeness (QED) is 0.0368. The number of nitrogens with two attached hydrogens (primary N) is 2. The van der Waals surface area contributed by atoms with Crippen LogP contribution in [0.15, 0.2) is 81.9 Å². The van der Waals surface area contributed by atoms with Gasteiger partial charge in [-0.25, -0.2) is 30.5 Å². The normalized spacial score (nSPS) is 17.7. The highest BCUT2D eigenvalue weighted by Crippen LogP contribution is 2.40. The second kappa shape index (κ2) is 14.2. The molecule has 2 amide bonds. The summed E-state index contributed by atoms with van der Waals surface area (Å²) in [4.78, 5) is 61.2. The molecule has 19 heteroatoms. The van der Waals surface area contributed by atoms with Gasteiger partial charge in [0.15, 0.2) is 29.8 Å². The van der Waals surface area contributed by atoms with E-state index in [-0.39, 0.29) is 34.5 Å². The van der Waals surface area contributed by atoms with E-state index in [1.807, 2.05) is 59.6 Å². The highest BCUT2D eigenvalue weighted by atomic mass is 32.2. The summed E-state index contributed by atoms with van der Waals surface area (Å²) < 4.78 is 3.98. The number of nitrogens with zero attached hydrogens (tertiary/aromatic N) is 6. The molecule has 4 aromatic rings. The lowest BCUT2D eigenvalue weighted by atomic mass is 10.0. The number of amides is 2. The van der Waals surface area contributed by atoms with Gasteiger partial charge in [-0.2, -0.15) is 5.10 Å². The number of carbonyl (C=O) groups excluding carboxylic acids is 2. The maximum absolute atomic E-state index is 13.4. The number of carboxylic acids is 2. The minimum absolute atomic E-state index is 0.0231. The number of oxime groups is 1. The molecule has 3 aromatic heterocycles. The molecule has 2 aliphatic heterocycles. The van der Waals surface area contributed by atoms with Crippen LogP contribution in [0.5, 0.6) is 0 Å². The fourth-order valence-corrected chi connectivity index (χ4v) is 7.36. The molecule has 1 fully saturated rings. The first-order valence-electron chi connectivity index (χ1n) is 15.3. The standard InChI is InChI=1S/C32H32N10O7S2/c1-32(2,30(47)48)49-38-23(21-16-51-31(33)36-21)26(43)37-24-27(44)42-25(29(45)46)20(15-50-28(24)42)14-40-9-8-22-19(13-40)7-10-41(22)12-18-5-3-17(4-6-18)11-35-39-34/h3-11,13,16,24,28,39H,12,14-15,34H2,1-2H3,(H4-,33,36,37,43,45,46,47,48)/p+1/b35-11?,38-23-/t24-,28-/m1/s1. The lowest BCUT2D eigenvalue weighted by Gasteiger charge is -2.49. The second-order valence-electron chi connectivity index (χ2n) is 12.1. The summed E-state index contributed by atoms with van der Waals surface area (Å²) in [5.74, 6) is 1.41. The molecule has 1 aromatic carbocycles. The van der Waals surface area contributed by atoms with Crippen molar-refractivity contribution in [2.24, 2.45) is 16.1 Å². The van der Waals surface area contributed by atoms with Gasteiger partial charge in [0.25, 0.3) is 11.8 Å². The van der Waals surface area contributed by atoms with E-state index in [1.54, 1.807) is 6.21 Å². The van der Waals surface area contributed by atoms with Gasteiger partial charge in [0.1, 0.15) is 22.8 Å². The fraction of sp³-hybridized carbons (Fsp3) is 0.250. The monoisotopic (exact) mass is 733 g/mol. The van der Waals surface area contributed by atoms with E-state index < -0.39 is 40.8 Å². The van der Waals surface area contributed by atoms with Crippen LogP contribution in [-0.4, -0.2) is 83.1 Å². The molecular weight excluding hydrogens is 701 g/mol. The zero-order valence-corrected chi connectivity index (χ0v) is 28.9. The van der Waals surface area contributed by atoms with Crippen LogP contribution >= 0.6 is 23.1 Å². The fourth-order valence-electron chi connectivity index (χ4n) is 5.48. The molecule has 2 atom stereocenters. The second-order valence-corrected chi connectivity index (χ2v) is 14.1. The van der Waals surface area contributed by atoms with Gasteiger partial charge in [-0.1, -0.05) is 29.4 Å². The lowest BCUT2D eigenvalue weighted by molar-refractivity contribution is -0.687. The van der Waals surface area contributed by atoms with Crippen molar-refractivity contribution in [2.45, 2.75) is 44.0 Å². The van der Waals surface area contributed by atoms with Crippen LogP contribution in [0.1, 0.15) is 30.7 Å². The van der Waals surface area contributed by atoms with Crippen LogP contribution < -0.4 is 27.0 Å². The van der Waals surface area contributed by atoms with Crippen molar-refractivity contribution >= 4 is 74.8 Å². The number of carbonyl (C=O) groups is 4. The number of hydrogen-bond donors (Lipinski definition) is 6. The number of thiazole rings is 1. The Kier molecular flexibility index (Phi) is 9.77. The number of benzene rings is 1. The predicted molar refractivity (Wildman–Crippen MR) is 188 cm³/mol. The molecule has 2 aliphatic rings. The Balaban J connectivity index is 1.17. The molecule has 17 nitrogen and oxygen atoms in total. The smallest absolute Gasteiger partial charge is 0.352 e. The topological polar surface area (TPSA) is 244 Å². The number of carboxylic acid groups (broad SMARTS) is 2. The van der Waals surface area contributed by atoms with E-state index >= 15 is 0 Å². The Labute approximate surface area is 298 Å². The number of β-lactam (4-membered cyclic amide) rings is 1. The molecule has 0 unspecified atom stereocenters. The first-order chi connectivity index (χ1) is 24.4. The largest absolute Gasteiger partial charge is 0.478 e. The van der Waals surface area contributed by atoms with Gasteiger partial charge in [0.05, 0.1) is 17.1 Å². The number of thioether (sulfide) groups is 1. The van der Waals surface area contributed by atoms with Crippen molar-refractivity contribution in [3.05, 3.63) is 88.5 Å². The molecule has 51 heavy (non-hydrogen) atoms. The van der Waals surface area contributed by atoms with Crippen LogP contribution in [0.4, 0.5) is 5.13 Å². The molecule has 5 heterocycles. The van der Waals surface area contributed by atoms with E-state index in [4.69, 9.17) is 16.4 Å². The maximum atomic E-state index is 13.4. The number of pyridine rings is 1. The van der Waals surface area contributed by atoms with Gasteiger partial charge in [0, 0.05) is 35.5 Å². The number of fused-ring (bicyclic) bond motifs is 2. The Bertz CT molecular complexity index is 2120. The van der Waals surface area contributed by atoms with Crippen molar-refractivity contribution < 1.29 is 38.8 Å². The Morgan fingerprint density at radius 3 is 2.63 bits per heavy atom. The molecule has 1 saturated heterocycles. The zero-order valence-electron chi connectivity index (χ0n) is 27.2. The molecule has 264 valence electrons. The van der Waals surface area contributed by atoms with Gasteiger partial charge in [-0.05, 0) is 31.0 Å². The Morgan fingerprint density at radius 2 is 1.96 bits per heavy atom. The number of rotatable bonds is 13. The third kappa shape index (κ3) is 7.25. The Hall–Kier alpha value is -5.79. The summed E-state index contributed by atoms with van der Waals surface area (Å²) in [6.07, 6.45) is 7.39. The first-order valence-corrected chi connectivity index (χ1v) is 17.3. The SMILES string of the molecule is CC(C)(O/N=C(\C(=O)N[C@@H]1C(=O)N2C(C(=O)O)=C(C[n+]3ccc4c(ccn4Cc4ccc(C=NNN)cc4)c3)CS[C@H]12)c1csc(N)n1)C(=O)O. The van der Waals surface area contributed by atoms with Gasteiger partial charge >= 0.3 is 11.9 Å². The highest BCUT2D eigenvalue weighted by Gasteiger charge is 2.55. The van der Waals surface area contributed by atoms with Gasteiger partial charge < -0.3 is 30.7 Å². The van der Waals surface area contributed by atoms with Crippen molar-refractivity contribution in [1.29, 1.82) is 0 Å². The highest BCUT2D eigenvalue weighted by molar-refractivity contribution is 8.00. The summed E-state index contributed by atoms with van der Waals surface area (Å²) in [6.45, 7) is 3.37. The van der Waals surface area contributed by atoms with Crippen molar-refractivity contribution in [2.75, 3.05) is 11.5 Å². The molecule has 0 bridgehead atoms. The average molecular weight is 734 g/mol. The summed E-state index contributed by atoms with van der Waals surface area (Å²) in [6, 6.07) is 10.8. The van der Waals surface area contributed by atoms with Crippen molar-refractivity contribution in [3.63, 3.8) is 0 Å². The number of nitrogens with one attached hydrogen (secondary N) is 2. The summed E-state index contributed by atoms with van der Waals surface area (Å²) in [7, 11) is 0. The molecule has 0 saturated carbocycles. The average Bonchev–Trinajstić information content (AvgIpc) is 3.71. The third-order valence-electron chi connectivity index (χ3n) is 8.16. The van der Waals surface area contributed by atoms with Crippen LogP contribution in [0.2, 0.25) is 0 Å². The number of nitrogen functional groups attached to an aromatic ring is 1. The summed E-state index contributed by atoms with van der Waals surface area (Å²) >= 11 is 2.34. The van der Waals surface area contributed by atoms with Crippen LogP contribution in [0.25, 0.3) is 10.9 Å². The summed E-state index contributed by atoms with van der Waals surface area (Å²) in [5.41, 5.74) is 9.21. The van der Waals surface area contributed by atoms with Crippen LogP contribution in [0.3, 0.4) is 0 Å². The predicted octanol–water partition coefficient (Wildman–Crippen LogP) is 0.836. The number of hydrazine groups is 1. The minimum atomic E-state index is -1.77. The summed E-state index contributed by atoms with van der Waals surface area (Å²) in [5, 5.41) is 31.6. The van der Waals surface area contributed by atoms with E-state index in [2.05, 4.69) is 30.7 Å². The van der Waals surface area contributed by atoms with Gasteiger partial charge in [-0.3, -0.25) is 14.5 Å². The maximum Gasteiger partial charge on any atom is 0.352 e. The molecule has 0 aliphatic carbocycles. The molecule has 0 radical (unpaired) electrons. The lowest BCUT2D eigenvalue weighted by Crippen LogP contribution is -2.71. The zero-order chi connectivity index (χ0) is 36.4. The molecule has 6 rings (SSSR count). The number of hydrogen-bond acceptors (Lipinski definition) is 13.